The van der Waals surface area contributed by atoms with E-state index in [1.807, 2.05) is 30.3 Å². The lowest BCUT2D eigenvalue weighted by Gasteiger charge is -2.09. The average Bonchev–Trinajstić information content (AvgIpc) is 2.44. The van der Waals surface area contributed by atoms with Crippen molar-refractivity contribution in [2.24, 2.45) is 0 Å². The molecule has 3 nitrogen and oxygen atoms in total. The van der Waals surface area contributed by atoms with Gasteiger partial charge in [0.05, 0.1) is 10.7 Å². The lowest BCUT2D eigenvalue weighted by atomic mass is 10.3. The zero-order valence-electron chi connectivity index (χ0n) is 10.7. The minimum Gasteiger partial charge on any atom is -0.383 e. The molecule has 0 aliphatic rings. The summed E-state index contributed by atoms with van der Waals surface area (Å²) >= 11 is 11.9. The second-order valence-corrected chi connectivity index (χ2v) is 5.06. The van der Waals surface area contributed by atoms with Crippen LogP contribution in [0.5, 0.6) is 0 Å². The topological polar surface area (TPSA) is 41.1 Å². The molecule has 0 saturated carbocycles. The zero-order valence-corrected chi connectivity index (χ0v) is 12.2. The number of benzene rings is 2. The third-order valence-corrected chi connectivity index (χ3v) is 3.22. The van der Waals surface area contributed by atoms with Crippen LogP contribution in [0.25, 0.3) is 0 Å². The van der Waals surface area contributed by atoms with Crippen molar-refractivity contribution in [2.75, 3.05) is 17.2 Å². The fourth-order valence-electron chi connectivity index (χ4n) is 1.69. The van der Waals surface area contributed by atoms with E-state index in [0.29, 0.717) is 23.0 Å². The van der Waals surface area contributed by atoms with Crippen LogP contribution in [0.1, 0.15) is 6.42 Å². The number of rotatable bonds is 5. The molecule has 0 radical (unpaired) electrons. The number of nitrogens with one attached hydrogen (secondary N) is 2. The molecule has 0 aromatic heterocycles. The summed E-state index contributed by atoms with van der Waals surface area (Å²) in [6, 6.07) is 14.5. The Morgan fingerprint density at radius 3 is 2.55 bits per heavy atom. The molecule has 104 valence electrons. The predicted octanol–water partition coefficient (Wildman–Crippen LogP) is 4.43. The van der Waals surface area contributed by atoms with Crippen LogP contribution in [-0.2, 0) is 4.79 Å². The molecule has 0 heterocycles. The van der Waals surface area contributed by atoms with Crippen LogP contribution >= 0.6 is 23.2 Å². The van der Waals surface area contributed by atoms with Gasteiger partial charge in [-0.05, 0) is 30.3 Å². The fraction of sp³-hybridized carbons (Fsp3) is 0.133. The van der Waals surface area contributed by atoms with E-state index in [0.717, 1.165) is 11.4 Å². The van der Waals surface area contributed by atoms with Crippen LogP contribution in [-0.4, -0.2) is 12.5 Å². The molecule has 1 amide bonds. The summed E-state index contributed by atoms with van der Waals surface area (Å²) in [5, 5.41) is 7.09. The number of carbonyl (C=O) groups excluding carboxylic acids is 1. The SMILES string of the molecule is O=C(CCNc1cc(Cl)ccc1Cl)Nc1ccccc1. The van der Waals surface area contributed by atoms with Crippen LogP contribution < -0.4 is 10.6 Å². The molecule has 0 fully saturated rings. The van der Waals surface area contributed by atoms with E-state index in [4.69, 9.17) is 23.2 Å². The lowest BCUT2D eigenvalue weighted by molar-refractivity contribution is -0.115. The number of para-hydroxylation sites is 1. The molecular weight excluding hydrogens is 295 g/mol. The Bertz CT molecular complexity index is 588. The summed E-state index contributed by atoms with van der Waals surface area (Å²) in [6.07, 6.45) is 0.345. The van der Waals surface area contributed by atoms with E-state index in [1.165, 1.54) is 0 Å². The molecule has 2 N–H and O–H groups in total. The van der Waals surface area contributed by atoms with E-state index >= 15 is 0 Å². The standard InChI is InChI=1S/C15H14Cl2N2O/c16-11-6-7-13(17)14(10-11)18-9-8-15(20)19-12-4-2-1-3-5-12/h1-7,10,18H,8-9H2,(H,19,20). The van der Waals surface area contributed by atoms with Gasteiger partial charge in [-0.1, -0.05) is 41.4 Å². The van der Waals surface area contributed by atoms with Crippen LogP contribution in [0.4, 0.5) is 11.4 Å². The molecule has 0 aliphatic heterocycles. The fourth-order valence-corrected chi connectivity index (χ4v) is 2.05. The molecule has 0 atom stereocenters. The number of hydrogen-bond donors (Lipinski definition) is 2. The number of amides is 1. The smallest absolute Gasteiger partial charge is 0.226 e. The van der Waals surface area contributed by atoms with Crippen molar-refractivity contribution in [3.63, 3.8) is 0 Å². The molecule has 0 saturated heterocycles. The highest BCUT2D eigenvalue weighted by molar-refractivity contribution is 6.35. The Balaban J connectivity index is 1.81. The zero-order chi connectivity index (χ0) is 14.4. The molecular formula is C15H14Cl2N2O. The van der Waals surface area contributed by atoms with E-state index in [-0.39, 0.29) is 5.91 Å². The van der Waals surface area contributed by atoms with E-state index < -0.39 is 0 Å². The first kappa shape index (κ1) is 14.7. The number of hydrogen-bond acceptors (Lipinski definition) is 2. The molecule has 0 bridgehead atoms. The van der Waals surface area contributed by atoms with Gasteiger partial charge in [0.1, 0.15) is 0 Å². The van der Waals surface area contributed by atoms with Gasteiger partial charge in [0.25, 0.3) is 0 Å². The molecule has 0 unspecified atom stereocenters. The molecule has 2 aromatic carbocycles. The molecule has 20 heavy (non-hydrogen) atoms. The van der Waals surface area contributed by atoms with Gasteiger partial charge in [-0.25, -0.2) is 0 Å². The minimum atomic E-state index is -0.0538. The third-order valence-electron chi connectivity index (χ3n) is 2.65. The normalized spacial score (nSPS) is 10.1. The highest BCUT2D eigenvalue weighted by Crippen LogP contribution is 2.25. The minimum absolute atomic E-state index is 0.0538. The van der Waals surface area contributed by atoms with Crippen molar-refractivity contribution >= 4 is 40.5 Å². The van der Waals surface area contributed by atoms with Gasteiger partial charge in [-0.2, -0.15) is 0 Å². The highest BCUT2D eigenvalue weighted by atomic mass is 35.5. The maximum absolute atomic E-state index is 11.7. The number of anilines is 2. The summed E-state index contributed by atoms with van der Waals surface area (Å²) in [5.41, 5.74) is 1.52. The van der Waals surface area contributed by atoms with Crippen LogP contribution in [0, 0.1) is 0 Å². The van der Waals surface area contributed by atoms with E-state index in [1.54, 1.807) is 18.2 Å². The van der Waals surface area contributed by atoms with Gasteiger partial charge in [0.2, 0.25) is 5.91 Å². The molecule has 0 spiro atoms. The molecule has 5 heteroatoms. The van der Waals surface area contributed by atoms with E-state index in [9.17, 15) is 4.79 Å². The lowest BCUT2D eigenvalue weighted by Crippen LogP contribution is -2.16. The monoisotopic (exact) mass is 308 g/mol. The van der Waals surface area contributed by atoms with Gasteiger partial charge in [-0.3, -0.25) is 4.79 Å². The Morgan fingerprint density at radius 2 is 1.80 bits per heavy atom. The molecule has 2 rings (SSSR count). The van der Waals surface area contributed by atoms with E-state index in [2.05, 4.69) is 10.6 Å². The third kappa shape index (κ3) is 4.44. The van der Waals surface area contributed by atoms with Gasteiger partial charge in [0.15, 0.2) is 0 Å². The maximum Gasteiger partial charge on any atom is 0.226 e. The highest BCUT2D eigenvalue weighted by Gasteiger charge is 2.04. The maximum atomic E-state index is 11.7. The second-order valence-electron chi connectivity index (χ2n) is 4.22. The largest absolute Gasteiger partial charge is 0.383 e. The second kappa shape index (κ2) is 7.17. The molecule has 0 aliphatic carbocycles. The van der Waals surface area contributed by atoms with Crippen LogP contribution in [0.2, 0.25) is 10.0 Å². The predicted molar refractivity (Wildman–Crippen MR) is 84.6 cm³/mol. The summed E-state index contributed by atoms with van der Waals surface area (Å²) in [4.78, 5) is 11.7. The van der Waals surface area contributed by atoms with Crippen molar-refractivity contribution in [3.8, 4) is 0 Å². The van der Waals surface area contributed by atoms with Gasteiger partial charge in [-0.15, -0.1) is 0 Å². The van der Waals surface area contributed by atoms with Crippen LogP contribution in [0.3, 0.4) is 0 Å². The first-order chi connectivity index (χ1) is 9.65. The Morgan fingerprint density at radius 1 is 1.05 bits per heavy atom. The molecule has 2 aromatic rings. The number of halogens is 2. The van der Waals surface area contributed by atoms with Crippen molar-refractivity contribution in [1.82, 2.24) is 0 Å². The van der Waals surface area contributed by atoms with Crippen molar-refractivity contribution < 1.29 is 4.79 Å². The summed E-state index contributed by atoms with van der Waals surface area (Å²) < 4.78 is 0. The summed E-state index contributed by atoms with van der Waals surface area (Å²) in [5.74, 6) is -0.0538. The summed E-state index contributed by atoms with van der Waals surface area (Å²) in [6.45, 7) is 0.485. The van der Waals surface area contributed by atoms with Gasteiger partial charge >= 0.3 is 0 Å². The van der Waals surface area contributed by atoms with Crippen LogP contribution in [0.15, 0.2) is 48.5 Å². The first-order valence-electron chi connectivity index (χ1n) is 6.19. The Labute approximate surface area is 127 Å². The number of carbonyl (C=O) groups is 1. The quantitative estimate of drug-likeness (QED) is 0.857. The Kier molecular flexibility index (Phi) is 5.27. The Hall–Kier alpha value is -1.71. The summed E-state index contributed by atoms with van der Waals surface area (Å²) in [7, 11) is 0. The first-order valence-corrected chi connectivity index (χ1v) is 6.94. The van der Waals surface area contributed by atoms with Crippen molar-refractivity contribution in [2.45, 2.75) is 6.42 Å². The average molecular weight is 309 g/mol. The van der Waals surface area contributed by atoms with Gasteiger partial charge < -0.3 is 10.6 Å². The van der Waals surface area contributed by atoms with Crippen molar-refractivity contribution in [3.05, 3.63) is 58.6 Å². The van der Waals surface area contributed by atoms with Crippen molar-refractivity contribution in [1.29, 1.82) is 0 Å². The van der Waals surface area contributed by atoms with Gasteiger partial charge in [0, 0.05) is 23.7 Å².